The molecular weight excluding hydrogens is 482 g/mol. The Labute approximate surface area is 211 Å². The van der Waals surface area contributed by atoms with Gasteiger partial charge in [0.25, 0.3) is 11.1 Å². The second kappa shape index (κ2) is 11.0. The molecule has 1 fully saturated rings. The maximum Gasteiger partial charge on any atom is 0.311 e. The van der Waals surface area contributed by atoms with E-state index in [9.17, 15) is 19.5 Å². The quantitative estimate of drug-likeness (QED) is 0.380. The number of nitrogens with one attached hydrogen (secondary N) is 1. The molecular formula is C27H23NO7S. The fourth-order valence-electron chi connectivity index (χ4n) is 3.68. The van der Waals surface area contributed by atoms with Crippen LogP contribution in [0.25, 0.3) is 6.08 Å². The van der Waals surface area contributed by atoms with Gasteiger partial charge in [-0.2, -0.15) is 0 Å². The molecule has 1 unspecified atom stereocenters. The van der Waals surface area contributed by atoms with Crippen molar-refractivity contribution in [3.05, 3.63) is 88.3 Å². The van der Waals surface area contributed by atoms with Crippen LogP contribution in [0, 0.1) is 0 Å². The zero-order valence-corrected chi connectivity index (χ0v) is 20.3. The third kappa shape index (κ3) is 6.05. The highest BCUT2D eigenvalue weighted by Gasteiger charge is 2.25. The molecule has 0 spiro atoms. The van der Waals surface area contributed by atoms with E-state index < -0.39 is 17.8 Å². The lowest BCUT2D eigenvalue weighted by atomic mass is 9.92. The third-order valence-corrected chi connectivity index (χ3v) is 6.30. The van der Waals surface area contributed by atoms with Crippen molar-refractivity contribution in [2.24, 2.45) is 0 Å². The highest BCUT2D eigenvalue weighted by Crippen LogP contribution is 2.30. The number of carbonyl (C=O) groups is 3. The first-order valence-corrected chi connectivity index (χ1v) is 11.7. The Kier molecular flexibility index (Phi) is 7.60. The van der Waals surface area contributed by atoms with Crippen molar-refractivity contribution in [3.8, 4) is 23.0 Å². The van der Waals surface area contributed by atoms with E-state index in [0.29, 0.717) is 33.5 Å². The average molecular weight is 506 g/mol. The Hall–Kier alpha value is -4.24. The van der Waals surface area contributed by atoms with E-state index in [1.165, 1.54) is 0 Å². The van der Waals surface area contributed by atoms with Crippen molar-refractivity contribution in [2.75, 3.05) is 14.2 Å². The molecule has 2 amide bonds. The number of rotatable bonds is 9. The van der Waals surface area contributed by atoms with Crippen LogP contribution in [0.5, 0.6) is 23.0 Å². The monoisotopic (exact) mass is 505 g/mol. The van der Waals surface area contributed by atoms with Crippen LogP contribution >= 0.6 is 11.8 Å². The lowest BCUT2D eigenvalue weighted by Crippen LogP contribution is -2.17. The number of hydrogen-bond donors (Lipinski definition) is 2. The molecule has 184 valence electrons. The zero-order chi connectivity index (χ0) is 25.7. The zero-order valence-electron chi connectivity index (χ0n) is 19.5. The summed E-state index contributed by atoms with van der Waals surface area (Å²) in [5.74, 6) is 0.204. The Balaban J connectivity index is 1.45. The molecule has 1 saturated heterocycles. The van der Waals surface area contributed by atoms with Gasteiger partial charge in [-0.3, -0.25) is 19.7 Å². The van der Waals surface area contributed by atoms with E-state index in [2.05, 4.69) is 5.32 Å². The van der Waals surface area contributed by atoms with Gasteiger partial charge in [0.15, 0.2) is 0 Å². The number of imide groups is 1. The normalized spacial score (nSPS) is 14.9. The topological polar surface area (TPSA) is 111 Å². The minimum absolute atomic E-state index is 0.266. The van der Waals surface area contributed by atoms with E-state index in [1.807, 2.05) is 0 Å². The Morgan fingerprint density at radius 1 is 0.917 bits per heavy atom. The van der Waals surface area contributed by atoms with Gasteiger partial charge in [-0.1, -0.05) is 24.3 Å². The number of carboxylic acid groups (broad SMARTS) is 1. The van der Waals surface area contributed by atoms with Crippen LogP contribution in [-0.2, 0) is 16.0 Å². The Bertz CT molecular complexity index is 1290. The molecule has 1 aliphatic heterocycles. The maximum atomic E-state index is 12.0. The molecule has 1 heterocycles. The van der Waals surface area contributed by atoms with Crippen molar-refractivity contribution >= 4 is 35.0 Å². The number of carboxylic acids is 1. The lowest BCUT2D eigenvalue weighted by Gasteiger charge is -2.15. The van der Waals surface area contributed by atoms with E-state index in [1.54, 1.807) is 87.0 Å². The minimum Gasteiger partial charge on any atom is -0.497 e. The molecule has 0 radical (unpaired) electrons. The van der Waals surface area contributed by atoms with Crippen molar-refractivity contribution in [2.45, 2.75) is 12.3 Å². The number of aliphatic carboxylic acids is 1. The minimum atomic E-state index is -0.939. The van der Waals surface area contributed by atoms with E-state index in [4.69, 9.17) is 14.2 Å². The van der Waals surface area contributed by atoms with Crippen LogP contribution in [0.4, 0.5) is 4.79 Å². The Morgan fingerprint density at radius 2 is 1.50 bits per heavy atom. The van der Waals surface area contributed by atoms with Gasteiger partial charge in [0.05, 0.1) is 25.0 Å². The van der Waals surface area contributed by atoms with E-state index in [0.717, 1.165) is 22.9 Å². The SMILES string of the molecule is COc1cc(CC(C(=O)O)c2ccc(Oc3ccc(/C=C4/SC(=O)NC4=O)cc3)cc2)cc(OC)c1. The summed E-state index contributed by atoms with van der Waals surface area (Å²) in [5, 5.41) is 11.7. The van der Waals surface area contributed by atoms with Crippen molar-refractivity contribution in [1.29, 1.82) is 0 Å². The first-order valence-electron chi connectivity index (χ1n) is 10.9. The van der Waals surface area contributed by atoms with Crippen LogP contribution in [0.3, 0.4) is 0 Å². The van der Waals surface area contributed by atoms with Crippen molar-refractivity contribution in [3.63, 3.8) is 0 Å². The van der Waals surface area contributed by atoms with Crippen LogP contribution in [0.2, 0.25) is 0 Å². The summed E-state index contributed by atoms with van der Waals surface area (Å²) in [4.78, 5) is 35.3. The first kappa shape index (κ1) is 24.9. The molecule has 4 rings (SSSR count). The van der Waals surface area contributed by atoms with Crippen LogP contribution < -0.4 is 19.5 Å². The van der Waals surface area contributed by atoms with Gasteiger partial charge < -0.3 is 19.3 Å². The van der Waals surface area contributed by atoms with Crippen molar-refractivity contribution < 1.29 is 33.7 Å². The number of carbonyl (C=O) groups excluding carboxylic acids is 2. The molecule has 9 heteroatoms. The predicted octanol–water partition coefficient (Wildman–Crippen LogP) is 5.23. The van der Waals surface area contributed by atoms with E-state index in [-0.39, 0.29) is 11.7 Å². The van der Waals surface area contributed by atoms with Crippen LogP contribution in [-0.4, -0.2) is 36.4 Å². The number of hydrogen-bond acceptors (Lipinski definition) is 7. The maximum absolute atomic E-state index is 12.0. The molecule has 3 aromatic carbocycles. The average Bonchev–Trinajstić information content (AvgIpc) is 3.20. The second-order valence-electron chi connectivity index (χ2n) is 7.91. The summed E-state index contributed by atoms with van der Waals surface area (Å²) in [7, 11) is 3.10. The van der Waals surface area contributed by atoms with E-state index >= 15 is 0 Å². The third-order valence-electron chi connectivity index (χ3n) is 5.49. The fraction of sp³-hybridized carbons (Fsp3) is 0.148. The number of ether oxygens (including phenoxy) is 3. The summed E-state index contributed by atoms with van der Waals surface area (Å²) < 4.78 is 16.5. The molecule has 0 aromatic heterocycles. The van der Waals surface area contributed by atoms with Gasteiger partial charge in [0, 0.05) is 6.07 Å². The first-order chi connectivity index (χ1) is 17.3. The number of methoxy groups -OCH3 is 2. The summed E-state index contributed by atoms with van der Waals surface area (Å²) in [6.45, 7) is 0. The summed E-state index contributed by atoms with van der Waals surface area (Å²) in [5.41, 5.74) is 2.18. The molecule has 0 saturated carbocycles. The molecule has 0 aliphatic carbocycles. The summed E-state index contributed by atoms with van der Waals surface area (Å²) in [6.07, 6.45) is 1.90. The van der Waals surface area contributed by atoms with Gasteiger partial charge in [-0.25, -0.2) is 0 Å². The summed E-state index contributed by atoms with van der Waals surface area (Å²) >= 11 is 0.861. The van der Waals surface area contributed by atoms with Gasteiger partial charge in [-0.05, 0) is 77.3 Å². The standard InChI is InChI=1S/C27H23NO7S/c1-33-21-11-17(12-22(15-21)34-2)13-23(26(30)31)18-5-9-20(10-6-18)35-19-7-3-16(4-8-19)14-24-25(29)28-27(32)36-24/h3-12,14-15,23H,13H2,1-2H3,(H,30,31)(H,28,29,32)/b24-14+. The smallest absolute Gasteiger partial charge is 0.311 e. The van der Waals surface area contributed by atoms with Gasteiger partial charge in [0.1, 0.15) is 23.0 Å². The fourth-order valence-corrected chi connectivity index (χ4v) is 4.36. The molecule has 36 heavy (non-hydrogen) atoms. The largest absolute Gasteiger partial charge is 0.497 e. The number of thioether (sulfide) groups is 1. The molecule has 8 nitrogen and oxygen atoms in total. The molecule has 2 N–H and O–H groups in total. The van der Waals surface area contributed by atoms with Gasteiger partial charge in [0.2, 0.25) is 0 Å². The second-order valence-corrected chi connectivity index (χ2v) is 8.92. The highest BCUT2D eigenvalue weighted by atomic mass is 32.2. The van der Waals surface area contributed by atoms with Crippen LogP contribution in [0.1, 0.15) is 22.6 Å². The Morgan fingerprint density at radius 3 is 2.00 bits per heavy atom. The van der Waals surface area contributed by atoms with Crippen LogP contribution in [0.15, 0.2) is 71.6 Å². The number of amides is 2. The molecule has 0 bridgehead atoms. The molecule has 1 aliphatic rings. The predicted molar refractivity (Wildman–Crippen MR) is 136 cm³/mol. The lowest BCUT2D eigenvalue weighted by molar-refractivity contribution is -0.138. The number of benzene rings is 3. The molecule has 1 atom stereocenters. The molecule has 3 aromatic rings. The van der Waals surface area contributed by atoms with Crippen molar-refractivity contribution in [1.82, 2.24) is 5.32 Å². The van der Waals surface area contributed by atoms with Gasteiger partial charge >= 0.3 is 5.97 Å². The van der Waals surface area contributed by atoms with Gasteiger partial charge in [-0.15, -0.1) is 0 Å². The highest BCUT2D eigenvalue weighted by molar-refractivity contribution is 8.18. The summed E-state index contributed by atoms with van der Waals surface area (Å²) in [6, 6.07) is 19.3.